The molecule has 0 unspecified atom stereocenters. The van der Waals surface area contributed by atoms with E-state index in [-0.39, 0.29) is 0 Å². The monoisotopic (exact) mass is 300 g/mol. The van der Waals surface area contributed by atoms with E-state index in [2.05, 4.69) is 19.7 Å². The standard InChI is InChI=1S/C13H24N4O2S/c1-2-17(11-15-3-7-18-8-4-15)13(14-1)20-12-16-5-9-19-10-6-16/h1-12H2. The highest BCUT2D eigenvalue weighted by Gasteiger charge is 2.22. The second-order valence-electron chi connectivity index (χ2n) is 5.30. The van der Waals surface area contributed by atoms with Crippen LogP contribution in [-0.2, 0) is 9.47 Å². The number of hydrogen-bond acceptors (Lipinski definition) is 7. The quantitative estimate of drug-likeness (QED) is 0.726. The minimum Gasteiger partial charge on any atom is -0.379 e. The Labute approximate surface area is 125 Å². The van der Waals surface area contributed by atoms with Gasteiger partial charge in [-0.25, -0.2) is 0 Å². The maximum atomic E-state index is 5.40. The minimum absolute atomic E-state index is 0.862. The van der Waals surface area contributed by atoms with Crippen molar-refractivity contribution in [3.63, 3.8) is 0 Å². The summed E-state index contributed by atoms with van der Waals surface area (Å²) in [4.78, 5) is 12.0. The fraction of sp³-hybridized carbons (Fsp3) is 0.923. The van der Waals surface area contributed by atoms with Gasteiger partial charge in [-0.1, -0.05) is 11.8 Å². The van der Waals surface area contributed by atoms with E-state index in [1.807, 2.05) is 11.8 Å². The fourth-order valence-electron chi connectivity index (χ4n) is 2.59. The SMILES string of the molecule is C1CN(CN2CCOCC2)C(SCN2CCOCC2)=N1. The molecule has 3 rings (SSSR count). The Morgan fingerprint density at radius 3 is 2.25 bits per heavy atom. The molecule has 0 bridgehead atoms. The number of aliphatic imine (C=N–C) groups is 1. The summed E-state index contributed by atoms with van der Waals surface area (Å²) >= 11 is 1.88. The molecule has 3 heterocycles. The smallest absolute Gasteiger partial charge is 0.161 e. The molecule has 114 valence electrons. The average Bonchev–Trinajstić information content (AvgIpc) is 2.94. The third kappa shape index (κ3) is 4.08. The topological polar surface area (TPSA) is 40.5 Å². The molecule has 2 fully saturated rings. The van der Waals surface area contributed by atoms with Crippen LogP contribution in [0.5, 0.6) is 0 Å². The molecule has 6 nitrogen and oxygen atoms in total. The molecular formula is C13H24N4O2S. The molecule has 0 N–H and O–H groups in total. The molecule has 7 heteroatoms. The number of hydrogen-bond donors (Lipinski definition) is 0. The van der Waals surface area contributed by atoms with Gasteiger partial charge in [0.05, 0.1) is 45.5 Å². The number of amidine groups is 1. The van der Waals surface area contributed by atoms with Gasteiger partial charge in [-0.15, -0.1) is 0 Å². The normalized spacial score (nSPS) is 26.0. The molecule has 0 saturated carbocycles. The van der Waals surface area contributed by atoms with Crippen LogP contribution in [0.15, 0.2) is 4.99 Å². The van der Waals surface area contributed by atoms with Gasteiger partial charge in [-0.05, 0) is 0 Å². The van der Waals surface area contributed by atoms with E-state index < -0.39 is 0 Å². The summed E-state index contributed by atoms with van der Waals surface area (Å²) in [7, 11) is 0. The van der Waals surface area contributed by atoms with E-state index in [0.29, 0.717) is 0 Å². The maximum Gasteiger partial charge on any atom is 0.161 e. The maximum absolute atomic E-state index is 5.40. The lowest BCUT2D eigenvalue weighted by molar-refractivity contribution is 0.0230. The van der Waals surface area contributed by atoms with Gasteiger partial charge in [0, 0.05) is 32.7 Å². The molecule has 0 aliphatic carbocycles. The zero-order valence-electron chi connectivity index (χ0n) is 12.0. The van der Waals surface area contributed by atoms with Gasteiger partial charge in [-0.2, -0.15) is 0 Å². The molecule has 0 amide bonds. The van der Waals surface area contributed by atoms with Crippen molar-refractivity contribution in [2.24, 2.45) is 4.99 Å². The Morgan fingerprint density at radius 1 is 0.900 bits per heavy atom. The van der Waals surface area contributed by atoms with Crippen LogP contribution in [0.1, 0.15) is 0 Å². The van der Waals surface area contributed by atoms with Crippen LogP contribution in [0, 0.1) is 0 Å². The average molecular weight is 300 g/mol. The van der Waals surface area contributed by atoms with Gasteiger partial charge in [0.25, 0.3) is 0 Å². The second-order valence-corrected chi connectivity index (χ2v) is 6.22. The first kappa shape index (κ1) is 14.6. The molecule has 3 aliphatic rings. The summed E-state index contributed by atoms with van der Waals surface area (Å²) in [6.07, 6.45) is 0. The molecule has 20 heavy (non-hydrogen) atoms. The van der Waals surface area contributed by atoms with Crippen molar-refractivity contribution in [1.29, 1.82) is 0 Å². The van der Waals surface area contributed by atoms with Gasteiger partial charge >= 0.3 is 0 Å². The van der Waals surface area contributed by atoms with E-state index in [9.17, 15) is 0 Å². The highest BCUT2D eigenvalue weighted by Crippen LogP contribution is 2.17. The third-order valence-corrected chi connectivity index (χ3v) is 4.98. The van der Waals surface area contributed by atoms with Crippen LogP contribution < -0.4 is 0 Å². The van der Waals surface area contributed by atoms with Gasteiger partial charge in [0.1, 0.15) is 0 Å². The first-order valence-electron chi connectivity index (χ1n) is 7.44. The summed E-state index contributed by atoms with van der Waals surface area (Å²) in [5.41, 5.74) is 0. The zero-order valence-corrected chi connectivity index (χ0v) is 12.8. The Bertz CT molecular complexity index is 330. The summed E-state index contributed by atoms with van der Waals surface area (Å²) in [6.45, 7) is 10.6. The molecular weight excluding hydrogens is 276 g/mol. The van der Waals surface area contributed by atoms with Crippen LogP contribution in [0.4, 0.5) is 0 Å². The summed E-state index contributed by atoms with van der Waals surface area (Å²) in [5, 5.41) is 1.21. The van der Waals surface area contributed by atoms with Crippen molar-refractivity contribution in [2.45, 2.75) is 0 Å². The molecule has 0 spiro atoms. The van der Waals surface area contributed by atoms with E-state index in [4.69, 9.17) is 9.47 Å². The minimum atomic E-state index is 0.862. The summed E-state index contributed by atoms with van der Waals surface area (Å²) in [6, 6.07) is 0. The molecule has 0 radical (unpaired) electrons. The van der Waals surface area contributed by atoms with E-state index in [1.54, 1.807) is 0 Å². The lowest BCUT2D eigenvalue weighted by Crippen LogP contribution is -2.45. The molecule has 0 atom stereocenters. The molecule has 3 aliphatic heterocycles. The zero-order chi connectivity index (χ0) is 13.6. The van der Waals surface area contributed by atoms with Crippen LogP contribution >= 0.6 is 11.8 Å². The lowest BCUT2D eigenvalue weighted by Gasteiger charge is -2.32. The Kier molecular flexibility index (Phi) is 5.55. The predicted octanol–water partition coefficient (Wildman–Crippen LogP) is -0.0294. The Morgan fingerprint density at radius 2 is 1.55 bits per heavy atom. The Hall–Kier alpha value is -0.340. The Balaban J connectivity index is 1.42. The summed E-state index contributed by atoms with van der Waals surface area (Å²) < 4.78 is 10.8. The first-order chi connectivity index (χ1) is 9.92. The van der Waals surface area contributed by atoms with Gasteiger partial charge < -0.3 is 14.4 Å². The van der Waals surface area contributed by atoms with Gasteiger partial charge in [0.15, 0.2) is 5.17 Å². The van der Waals surface area contributed by atoms with E-state index in [1.165, 1.54) is 5.17 Å². The number of thioether (sulfide) groups is 1. The van der Waals surface area contributed by atoms with Crippen molar-refractivity contribution in [3.05, 3.63) is 0 Å². The second kappa shape index (κ2) is 7.61. The number of nitrogens with zero attached hydrogens (tertiary/aromatic N) is 4. The number of ether oxygens (including phenoxy) is 2. The highest BCUT2D eigenvalue weighted by atomic mass is 32.2. The van der Waals surface area contributed by atoms with E-state index >= 15 is 0 Å². The predicted molar refractivity (Wildman–Crippen MR) is 81.1 cm³/mol. The van der Waals surface area contributed by atoms with Crippen molar-refractivity contribution in [3.8, 4) is 0 Å². The molecule has 0 aromatic heterocycles. The largest absolute Gasteiger partial charge is 0.379 e. The van der Waals surface area contributed by atoms with Crippen molar-refractivity contribution < 1.29 is 9.47 Å². The van der Waals surface area contributed by atoms with Crippen LogP contribution in [0.2, 0.25) is 0 Å². The number of rotatable bonds is 4. The highest BCUT2D eigenvalue weighted by molar-refractivity contribution is 8.13. The fourth-order valence-corrected chi connectivity index (χ4v) is 3.66. The number of morpholine rings is 2. The van der Waals surface area contributed by atoms with Gasteiger partial charge in [0.2, 0.25) is 0 Å². The van der Waals surface area contributed by atoms with Crippen LogP contribution in [-0.4, -0.2) is 98.1 Å². The van der Waals surface area contributed by atoms with Crippen molar-refractivity contribution in [1.82, 2.24) is 14.7 Å². The first-order valence-corrected chi connectivity index (χ1v) is 8.43. The third-order valence-electron chi connectivity index (χ3n) is 3.84. The lowest BCUT2D eigenvalue weighted by atomic mass is 10.4. The van der Waals surface area contributed by atoms with Crippen LogP contribution in [0.25, 0.3) is 0 Å². The molecule has 0 aromatic carbocycles. The van der Waals surface area contributed by atoms with Crippen LogP contribution in [0.3, 0.4) is 0 Å². The van der Waals surface area contributed by atoms with E-state index in [0.717, 1.165) is 78.2 Å². The molecule has 0 aromatic rings. The van der Waals surface area contributed by atoms with Gasteiger partial charge in [-0.3, -0.25) is 14.8 Å². The van der Waals surface area contributed by atoms with Crippen molar-refractivity contribution in [2.75, 3.05) is 78.2 Å². The molecule has 2 saturated heterocycles. The van der Waals surface area contributed by atoms with Crippen molar-refractivity contribution >= 4 is 16.9 Å². The summed E-state index contributed by atoms with van der Waals surface area (Å²) in [5.74, 6) is 1.03.